The molecule has 1 aromatic rings. The summed E-state index contributed by atoms with van der Waals surface area (Å²) in [6.45, 7) is 7.48. The van der Waals surface area contributed by atoms with Crippen LogP contribution in [0.15, 0.2) is 40.9 Å². The van der Waals surface area contributed by atoms with Crippen molar-refractivity contribution in [1.82, 2.24) is 15.5 Å². The molecule has 1 saturated heterocycles. The molecule has 2 heterocycles. The predicted molar refractivity (Wildman–Crippen MR) is 112 cm³/mol. The monoisotopic (exact) mass is 424 g/mol. The Hall–Kier alpha value is -2.06. The first kappa shape index (κ1) is 22.6. The maximum absolute atomic E-state index is 12.7. The largest absolute Gasteiger partial charge is 0.416 e. The van der Waals surface area contributed by atoms with Gasteiger partial charge in [-0.3, -0.25) is 9.89 Å². The molecule has 0 bridgehead atoms. The van der Waals surface area contributed by atoms with Crippen LogP contribution in [-0.2, 0) is 17.5 Å². The number of nitrogens with one attached hydrogen (secondary N) is 2. The van der Waals surface area contributed by atoms with Gasteiger partial charge in [0.2, 0.25) is 0 Å². The number of likely N-dealkylation sites (tertiary alicyclic amines) is 1. The summed E-state index contributed by atoms with van der Waals surface area (Å²) in [6, 6.07) is 5.73. The second kappa shape index (κ2) is 10.8. The van der Waals surface area contributed by atoms with Crippen molar-refractivity contribution in [3.63, 3.8) is 0 Å². The van der Waals surface area contributed by atoms with Crippen molar-refractivity contribution in [2.45, 2.75) is 44.9 Å². The highest BCUT2D eigenvalue weighted by Crippen LogP contribution is 2.29. The van der Waals surface area contributed by atoms with Gasteiger partial charge in [-0.1, -0.05) is 23.8 Å². The molecule has 0 spiro atoms. The first-order chi connectivity index (χ1) is 14.4. The normalized spacial score (nSPS) is 20.9. The quantitative estimate of drug-likeness (QED) is 0.399. The van der Waals surface area contributed by atoms with Gasteiger partial charge in [0.05, 0.1) is 18.8 Å². The van der Waals surface area contributed by atoms with Crippen LogP contribution in [0.3, 0.4) is 0 Å². The molecule has 0 amide bonds. The zero-order valence-corrected chi connectivity index (χ0v) is 17.5. The van der Waals surface area contributed by atoms with Crippen LogP contribution in [0.2, 0.25) is 0 Å². The maximum atomic E-state index is 12.7. The van der Waals surface area contributed by atoms with Gasteiger partial charge in [-0.25, -0.2) is 0 Å². The van der Waals surface area contributed by atoms with Crippen molar-refractivity contribution >= 4 is 5.96 Å². The number of hydrogen-bond acceptors (Lipinski definition) is 3. The molecule has 1 unspecified atom stereocenters. The van der Waals surface area contributed by atoms with E-state index < -0.39 is 11.7 Å². The predicted octanol–water partition coefficient (Wildman–Crippen LogP) is 3.57. The van der Waals surface area contributed by atoms with Gasteiger partial charge in [0, 0.05) is 38.8 Å². The van der Waals surface area contributed by atoms with E-state index >= 15 is 0 Å². The van der Waals surface area contributed by atoms with Crippen molar-refractivity contribution < 1.29 is 17.9 Å². The summed E-state index contributed by atoms with van der Waals surface area (Å²) in [7, 11) is 0. The summed E-state index contributed by atoms with van der Waals surface area (Å²) in [5.74, 6) is 0.825. The Morgan fingerprint density at radius 2 is 2.07 bits per heavy atom. The molecule has 1 aromatic carbocycles. The number of alkyl halides is 3. The lowest BCUT2D eigenvalue weighted by Crippen LogP contribution is -2.44. The molecular formula is C22H31F3N4O. The summed E-state index contributed by atoms with van der Waals surface area (Å²) in [4.78, 5) is 6.96. The maximum Gasteiger partial charge on any atom is 0.416 e. The highest BCUT2D eigenvalue weighted by Gasteiger charge is 2.30. The minimum Gasteiger partial charge on any atom is -0.377 e. The van der Waals surface area contributed by atoms with Crippen molar-refractivity contribution in [2.75, 3.05) is 39.4 Å². The Kier molecular flexibility index (Phi) is 8.16. The second-order valence-electron chi connectivity index (χ2n) is 7.76. The average molecular weight is 425 g/mol. The fourth-order valence-corrected chi connectivity index (χ4v) is 3.77. The van der Waals surface area contributed by atoms with Crippen molar-refractivity contribution in [1.29, 1.82) is 0 Å². The molecule has 2 N–H and O–H groups in total. The molecule has 0 aliphatic carbocycles. The molecule has 8 heteroatoms. The Labute approximate surface area is 176 Å². The molecule has 2 aliphatic heterocycles. The molecule has 1 atom stereocenters. The van der Waals surface area contributed by atoms with E-state index in [2.05, 4.69) is 21.6 Å². The molecule has 0 aromatic heterocycles. The van der Waals surface area contributed by atoms with E-state index in [0.29, 0.717) is 13.2 Å². The van der Waals surface area contributed by atoms with Crippen LogP contribution in [0, 0.1) is 0 Å². The van der Waals surface area contributed by atoms with Crippen LogP contribution >= 0.6 is 0 Å². The second-order valence-corrected chi connectivity index (χ2v) is 7.76. The molecule has 30 heavy (non-hydrogen) atoms. The standard InChI is InChI=1S/C22H31F3N4O/c1-2-26-21(27-11-7-17-9-13-30-14-10-17)28-20-8-12-29(16-20)15-18-3-5-19(6-4-18)22(23,24)25/h3-6,9,20H,2,7-8,10-16H2,1H3,(H2,26,27,28). The average Bonchev–Trinajstić information content (AvgIpc) is 3.15. The van der Waals surface area contributed by atoms with E-state index in [1.165, 1.54) is 5.57 Å². The lowest BCUT2D eigenvalue weighted by Gasteiger charge is -2.19. The number of aliphatic imine (C=N–C) groups is 1. The number of guanidine groups is 1. The molecule has 1 fully saturated rings. The number of hydrogen-bond donors (Lipinski definition) is 2. The minimum atomic E-state index is -4.29. The topological polar surface area (TPSA) is 48.9 Å². The summed E-state index contributed by atoms with van der Waals surface area (Å²) in [5, 5.41) is 6.81. The number of nitrogens with zero attached hydrogens (tertiary/aromatic N) is 2. The number of halogens is 3. The third-order valence-electron chi connectivity index (χ3n) is 5.41. The molecular weight excluding hydrogens is 393 g/mol. The van der Waals surface area contributed by atoms with Crippen molar-refractivity contribution in [3.8, 4) is 0 Å². The van der Waals surface area contributed by atoms with E-state index in [9.17, 15) is 13.2 Å². The number of rotatable bonds is 7. The first-order valence-corrected chi connectivity index (χ1v) is 10.6. The van der Waals surface area contributed by atoms with E-state index in [-0.39, 0.29) is 6.04 Å². The lowest BCUT2D eigenvalue weighted by atomic mass is 10.1. The third kappa shape index (κ3) is 7.02. The van der Waals surface area contributed by atoms with E-state index in [4.69, 9.17) is 9.73 Å². The van der Waals surface area contributed by atoms with Gasteiger partial charge in [-0.05, 0) is 43.9 Å². The van der Waals surface area contributed by atoms with Gasteiger partial charge in [0.15, 0.2) is 5.96 Å². The third-order valence-corrected chi connectivity index (χ3v) is 5.41. The SMILES string of the molecule is CCNC(=NCCC1=CCOCC1)NC1CCN(Cc2ccc(C(F)(F)F)cc2)C1. The van der Waals surface area contributed by atoms with Crippen molar-refractivity contribution in [2.24, 2.45) is 4.99 Å². The Morgan fingerprint density at radius 3 is 2.73 bits per heavy atom. The number of benzene rings is 1. The van der Waals surface area contributed by atoms with Crippen molar-refractivity contribution in [3.05, 3.63) is 47.0 Å². The zero-order chi connectivity index (χ0) is 21.4. The highest BCUT2D eigenvalue weighted by atomic mass is 19.4. The smallest absolute Gasteiger partial charge is 0.377 e. The van der Waals surface area contributed by atoms with Crippen LogP contribution in [0.4, 0.5) is 13.2 Å². The molecule has 5 nitrogen and oxygen atoms in total. The van der Waals surface area contributed by atoms with E-state index in [1.807, 2.05) is 6.92 Å². The summed E-state index contributed by atoms with van der Waals surface area (Å²) >= 11 is 0. The van der Waals surface area contributed by atoms with Crippen LogP contribution in [0.25, 0.3) is 0 Å². The van der Waals surface area contributed by atoms with Gasteiger partial charge >= 0.3 is 6.18 Å². The Balaban J connectivity index is 1.46. The highest BCUT2D eigenvalue weighted by molar-refractivity contribution is 5.80. The van der Waals surface area contributed by atoms with Gasteiger partial charge in [0.25, 0.3) is 0 Å². The molecule has 2 aliphatic rings. The van der Waals surface area contributed by atoms with Crippen LogP contribution in [0.5, 0.6) is 0 Å². The van der Waals surface area contributed by atoms with Crippen LogP contribution in [-0.4, -0.2) is 56.3 Å². The molecule has 0 saturated carbocycles. The lowest BCUT2D eigenvalue weighted by molar-refractivity contribution is -0.137. The van der Waals surface area contributed by atoms with Gasteiger partial charge in [-0.2, -0.15) is 13.2 Å². The summed E-state index contributed by atoms with van der Waals surface area (Å²) in [5.41, 5.74) is 1.70. The summed E-state index contributed by atoms with van der Waals surface area (Å²) < 4.78 is 43.5. The van der Waals surface area contributed by atoms with Crippen LogP contribution < -0.4 is 10.6 Å². The molecule has 3 rings (SSSR count). The molecule has 166 valence electrons. The fraction of sp³-hybridized carbons (Fsp3) is 0.591. The van der Waals surface area contributed by atoms with E-state index in [0.717, 1.165) is 75.7 Å². The fourth-order valence-electron chi connectivity index (χ4n) is 3.77. The number of ether oxygens (including phenoxy) is 1. The van der Waals surface area contributed by atoms with Gasteiger partial charge < -0.3 is 15.4 Å². The minimum absolute atomic E-state index is 0.277. The first-order valence-electron chi connectivity index (χ1n) is 10.6. The zero-order valence-electron chi connectivity index (χ0n) is 17.5. The summed E-state index contributed by atoms with van der Waals surface area (Å²) in [6.07, 6.45) is 0.777. The van der Waals surface area contributed by atoms with E-state index in [1.54, 1.807) is 12.1 Å². The van der Waals surface area contributed by atoms with Crippen LogP contribution in [0.1, 0.15) is 37.3 Å². The molecule has 0 radical (unpaired) electrons. The van der Waals surface area contributed by atoms with Gasteiger partial charge in [-0.15, -0.1) is 0 Å². The Bertz CT molecular complexity index is 731. The van der Waals surface area contributed by atoms with Gasteiger partial charge in [0.1, 0.15) is 0 Å². The Morgan fingerprint density at radius 1 is 1.27 bits per heavy atom.